The van der Waals surface area contributed by atoms with Gasteiger partial charge in [-0.05, 0) is 19.1 Å². The third kappa shape index (κ3) is 1.41. The quantitative estimate of drug-likeness (QED) is 0.690. The first-order valence-corrected chi connectivity index (χ1v) is 4.74. The van der Waals surface area contributed by atoms with Crippen LogP contribution in [0.4, 0.5) is 0 Å². The van der Waals surface area contributed by atoms with E-state index >= 15 is 0 Å². The third-order valence-corrected chi connectivity index (χ3v) is 2.76. The standard InChI is InChI=1S/C9H10N2S/c1-8-9(12-7-10-8)6-11-4-2-3-5-11/h2-5,7H,6H2,1H3. The lowest BCUT2D eigenvalue weighted by Gasteiger charge is -1.99. The minimum atomic E-state index is 0.948. The number of aromatic nitrogens is 2. The Morgan fingerprint density at radius 1 is 1.42 bits per heavy atom. The smallest absolute Gasteiger partial charge is 0.0798 e. The van der Waals surface area contributed by atoms with Crippen LogP contribution in [0.3, 0.4) is 0 Å². The van der Waals surface area contributed by atoms with Gasteiger partial charge in [-0.3, -0.25) is 0 Å². The van der Waals surface area contributed by atoms with E-state index in [0.717, 1.165) is 12.2 Å². The molecule has 0 unspecified atom stereocenters. The third-order valence-electron chi connectivity index (χ3n) is 1.84. The lowest BCUT2D eigenvalue weighted by molar-refractivity contribution is 0.811. The molecule has 0 aliphatic heterocycles. The van der Waals surface area contributed by atoms with Crippen molar-refractivity contribution in [2.75, 3.05) is 0 Å². The zero-order chi connectivity index (χ0) is 8.39. The molecule has 0 aliphatic carbocycles. The SMILES string of the molecule is Cc1ncsc1Cn1cccc1. The largest absolute Gasteiger partial charge is 0.349 e. The van der Waals surface area contributed by atoms with E-state index in [1.807, 2.05) is 17.6 Å². The second kappa shape index (κ2) is 3.11. The van der Waals surface area contributed by atoms with Crippen LogP contribution in [0, 0.1) is 6.92 Å². The van der Waals surface area contributed by atoms with Crippen molar-refractivity contribution in [2.24, 2.45) is 0 Å². The molecule has 0 radical (unpaired) electrons. The summed E-state index contributed by atoms with van der Waals surface area (Å²) < 4.78 is 2.15. The van der Waals surface area contributed by atoms with Crippen LogP contribution in [0.15, 0.2) is 30.0 Å². The Balaban J connectivity index is 2.20. The fourth-order valence-electron chi connectivity index (χ4n) is 1.12. The predicted molar refractivity (Wildman–Crippen MR) is 50.4 cm³/mol. The molecule has 2 nitrogen and oxygen atoms in total. The summed E-state index contributed by atoms with van der Waals surface area (Å²) in [5, 5.41) is 0. The zero-order valence-electron chi connectivity index (χ0n) is 6.90. The van der Waals surface area contributed by atoms with Gasteiger partial charge < -0.3 is 4.57 Å². The molecule has 0 aliphatic rings. The number of hydrogen-bond acceptors (Lipinski definition) is 2. The van der Waals surface area contributed by atoms with Gasteiger partial charge in [-0.2, -0.15) is 0 Å². The topological polar surface area (TPSA) is 17.8 Å². The van der Waals surface area contributed by atoms with Crippen LogP contribution in [-0.4, -0.2) is 9.55 Å². The van der Waals surface area contributed by atoms with Crippen molar-refractivity contribution in [3.8, 4) is 0 Å². The molecular formula is C9H10N2S. The Morgan fingerprint density at radius 3 is 2.75 bits per heavy atom. The number of rotatable bonds is 2. The number of nitrogens with zero attached hydrogens (tertiary/aromatic N) is 2. The number of hydrogen-bond donors (Lipinski definition) is 0. The number of thiazole rings is 1. The maximum Gasteiger partial charge on any atom is 0.0798 e. The minimum absolute atomic E-state index is 0.948. The van der Waals surface area contributed by atoms with Gasteiger partial charge in [0.2, 0.25) is 0 Å². The fraction of sp³-hybridized carbons (Fsp3) is 0.222. The van der Waals surface area contributed by atoms with E-state index in [0.29, 0.717) is 0 Å². The molecule has 0 bridgehead atoms. The fourth-order valence-corrected chi connectivity index (χ4v) is 1.90. The van der Waals surface area contributed by atoms with Gasteiger partial charge >= 0.3 is 0 Å². The summed E-state index contributed by atoms with van der Waals surface area (Å²) in [4.78, 5) is 5.54. The summed E-state index contributed by atoms with van der Waals surface area (Å²) in [7, 11) is 0. The maximum atomic E-state index is 4.20. The van der Waals surface area contributed by atoms with Crippen molar-refractivity contribution < 1.29 is 0 Å². The van der Waals surface area contributed by atoms with Gasteiger partial charge in [0.25, 0.3) is 0 Å². The van der Waals surface area contributed by atoms with Crippen LogP contribution in [0.2, 0.25) is 0 Å². The first kappa shape index (κ1) is 7.55. The van der Waals surface area contributed by atoms with Gasteiger partial charge in [-0.15, -0.1) is 11.3 Å². The summed E-state index contributed by atoms with van der Waals surface area (Å²) >= 11 is 1.72. The zero-order valence-corrected chi connectivity index (χ0v) is 7.71. The molecule has 0 spiro atoms. The summed E-state index contributed by atoms with van der Waals surface area (Å²) in [6.45, 7) is 3.00. The second-order valence-electron chi connectivity index (χ2n) is 2.72. The molecule has 12 heavy (non-hydrogen) atoms. The molecule has 3 heteroatoms. The first-order chi connectivity index (χ1) is 5.86. The van der Waals surface area contributed by atoms with Crippen LogP contribution in [0.5, 0.6) is 0 Å². The van der Waals surface area contributed by atoms with Crippen LogP contribution in [0.25, 0.3) is 0 Å². The average molecular weight is 178 g/mol. The minimum Gasteiger partial charge on any atom is -0.349 e. The van der Waals surface area contributed by atoms with E-state index in [9.17, 15) is 0 Å². The second-order valence-corrected chi connectivity index (χ2v) is 3.66. The van der Waals surface area contributed by atoms with Crippen LogP contribution < -0.4 is 0 Å². The molecular weight excluding hydrogens is 168 g/mol. The van der Waals surface area contributed by atoms with E-state index in [-0.39, 0.29) is 0 Å². The van der Waals surface area contributed by atoms with Crippen molar-refractivity contribution in [3.05, 3.63) is 40.6 Å². The van der Waals surface area contributed by atoms with Gasteiger partial charge in [-0.1, -0.05) is 0 Å². The molecule has 2 rings (SSSR count). The van der Waals surface area contributed by atoms with Crippen LogP contribution in [0.1, 0.15) is 10.6 Å². The molecule has 2 heterocycles. The normalized spacial score (nSPS) is 10.4. The molecule has 0 atom stereocenters. The van der Waals surface area contributed by atoms with Gasteiger partial charge in [0, 0.05) is 17.3 Å². The van der Waals surface area contributed by atoms with E-state index in [1.165, 1.54) is 4.88 Å². The molecule has 2 aromatic rings. The van der Waals surface area contributed by atoms with Gasteiger partial charge in [0.15, 0.2) is 0 Å². The summed E-state index contributed by atoms with van der Waals surface area (Å²) in [6.07, 6.45) is 4.14. The van der Waals surface area contributed by atoms with E-state index in [2.05, 4.69) is 28.9 Å². The molecule has 0 aromatic carbocycles. The molecule has 0 fully saturated rings. The highest BCUT2D eigenvalue weighted by Crippen LogP contribution is 2.13. The Bertz CT molecular complexity index is 348. The molecule has 0 saturated heterocycles. The van der Waals surface area contributed by atoms with Crippen molar-refractivity contribution in [1.29, 1.82) is 0 Å². The molecule has 0 saturated carbocycles. The van der Waals surface area contributed by atoms with Crippen molar-refractivity contribution in [2.45, 2.75) is 13.5 Å². The van der Waals surface area contributed by atoms with Crippen molar-refractivity contribution in [1.82, 2.24) is 9.55 Å². The van der Waals surface area contributed by atoms with Crippen molar-refractivity contribution >= 4 is 11.3 Å². The average Bonchev–Trinajstić information content (AvgIpc) is 2.65. The predicted octanol–water partition coefficient (Wildman–Crippen LogP) is 2.30. The first-order valence-electron chi connectivity index (χ1n) is 3.86. The Kier molecular flexibility index (Phi) is 1.96. The number of aryl methyl sites for hydroxylation is 1. The summed E-state index contributed by atoms with van der Waals surface area (Å²) in [6, 6.07) is 4.08. The highest BCUT2D eigenvalue weighted by atomic mass is 32.1. The lowest BCUT2D eigenvalue weighted by atomic mass is 10.4. The molecule has 2 aromatic heterocycles. The Hall–Kier alpha value is -1.09. The molecule has 0 N–H and O–H groups in total. The van der Waals surface area contributed by atoms with E-state index < -0.39 is 0 Å². The van der Waals surface area contributed by atoms with Crippen LogP contribution >= 0.6 is 11.3 Å². The van der Waals surface area contributed by atoms with Gasteiger partial charge in [0.05, 0.1) is 17.7 Å². The molecule has 0 amide bonds. The Labute approximate surface area is 75.5 Å². The van der Waals surface area contributed by atoms with Gasteiger partial charge in [-0.25, -0.2) is 4.98 Å². The van der Waals surface area contributed by atoms with E-state index in [4.69, 9.17) is 0 Å². The summed E-state index contributed by atoms with van der Waals surface area (Å²) in [5.41, 5.74) is 3.04. The monoisotopic (exact) mass is 178 g/mol. The lowest BCUT2D eigenvalue weighted by Crippen LogP contribution is -1.94. The van der Waals surface area contributed by atoms with E-state index in [1.54, 1.807) is 11.3 Å². The Morgan fingerprint density at radius 2 is 2.17 bits per heavy atom. The maximum absolute atomic E-state index is 4.20. The van der Waals surface area contributed by atoms with Crippen molar-refractivity contribution in [3.63, 3.8) is 0 Å². The highest BCUT2D eigenvalue weighted by molar-refractivity contribution is 7.09. The van der Waals surface area contributed by atoms with Crippen LogP contribution in [-0.2, 0) is 6.54 Å². The van der Waals surface area contributed by atoms with Gasteiger partial charge in [0.1, 0.15) is 0 Å². The summed E-state index contributed by atoms with van der Waals surface area (Å²) in [5.74, 6) is 0. The molecule has 62 valence electrons. The highest BCUT2D eigenvalue weighted by Gasteiger charge is 2.00.